The summed E-state index contributed by atoms with van der Waals surface area (Å²) < 4.78 is 12.1. The Bertz CT molecular complexity index is 1620. The molecule has 4 aromatic carbocycles. The third-order valence-corrected chi connectivity index (χ3v) is 6.60. The summed E-state index contributed by atoms with van der Waals surface area (Å²) in [5.74, 6) is 0.546. The van der Waals surface area contributed by atoms with Gasteiger partial charge in [-0.15, -0.1) is 0 Å². The Balaban J connectivity index is 1.36. The van der Waals surface area contributed by atoms with Crippen LogP contribution < -0.4 is 14.8 Å². The van der Waals surface area contributed by atoms with Crippen LogP contribution in [0.3, 0.4) is 0 Å². The van der Waals surface area contributed by atoms with E-state index in [1.807, 2.05) is 24.3 Å². The Kier molecular flexibility index (Phi) is 9.52. The van der Waals surface area contributed by atoms with Gasteiger partial charge in [0.1, 0.15) is 36.4 Å². The number of nitrogens with zero attached hydrogens (tertiary/aromatic N) is 2. The first-order valence-corrected chi connectivity index (χ1v) is 13.0. The molecule has 0 atom stereocenters. The van der Waals surface area contributed by atoms with Crippen LogP contribution in [-0.2, 0) is 18.0 Å². The summed E-state index contributed by atoms with van der Waals surface area (Å²) >= 11 is 9.59. The van der Waals surface area contributed by atoms with Crippen LogP contribution in [0, 0.1) is 21.4 Å². The van der Waals surface area contributed by atoms with E-state index in [1.54, 1.807) is 60.7 Å². The molecular weight excluding hydrogens is 598 g/mol. The van der Waals surface area contributed by atoms with Gasteiger partial charge in [0.05, 0.1) is 9.40 Å². The Labute approximate surface area is 243 Å². The number of amides is 1. The molecular formula is C30H21BrClN3O5. The highest BCUT2D eigenvalue weighted by molar-refractivity contribution is 9.10. The molecule has 4 rings (SSSR count). The van der Waals surface area contributed by atoms with E-state index in [1.165, 1.54) is 18.2 Å². The number of nitro benzene ring substituents is 1. The maximum Gasteiger partial charge on any atom is 0.269 e. The Morgan fingerprint density at radius 1 is 1.00 bits per heavy atom. The number of benzene rings is 4. The molecule has 200 valence electrons. The highest BCUT2D eigenvalue weighted by atomic mass is 79.9. The lowest BCUT2D eigenvalue weighted by Gasteiger charge is -2.10. The van der Waals surface area contributed by atoms with E-state index in [0.717, 1.165) is 5.56 Å². The lowest BCUT2D eigenvalue weighted by atomic mass is 10.1. The number of carbonyl (C=O) groups is 1. The quantitative estimate of drug-likeness (QED) is 0.0842. The van der Waals surface area contributed by atoms with Crippen molar-refractivity contribution >= 4 is 50.9 Å². The van der Waals surface area contributed by atoms with Crippen molar-refractivity contribution < 1.29 is 19.2 Å². The predicted octanol–water partition coefficient (Wildman–Crippen LogP) is 7.71. The molecule has 10 heteroatoms. The van der Waals surface area contributed by atoms with Gasteiger partial charge in [-0.2, -0.15) is 5.26 Å². The van der Waals surface area contributed by atoms with Crippen molar-refractivity contribution in [1.82, 2.24) is 0 Å². The topological polar surface area (TPSA) is 114 Å². The van der Waals surface area contributed by atoms with Crippen molar-refractivity contribution in [3.63, 3.8) is 0 Å². The Morgan fingerprint density at radius 2 is 1.77 bits per heavy atom. The molecule has 0 fully saturated rings. The number of carbonyl (C=O) groups excluding carboxylic acids is 1. The zero-order valence-electron chi connectivity index (χ0n) is 20.8. The number of nitrogens with one attached hydrogen (secondary N) is 1. The summed E-state index contributed by atoms with van der Waals surface area (Å²) in [4.78, 5) is 23.2. The summed E-state index contributed by atoms with van der Waals surface area (Å²) in [7, 11) is 0. The molecule has 0 radical (unpaired) electrons. The van der Waals surface area contributed by atoms with E-state index >= 15 is 0 Å². The van der Waals surface area contributed by atoms with E-state index in [4.69, 9.17) is 21.1 Å². The first kappa shape index (κ1) is 28.4. The molecule has 40 heavy (non-hydrogen) atoms. The smallest absolute Gasteiger partial charge is 0.269 e. The van der Waals surface area contributed by atoms with Crippen molar-refractivity contribution in [2.24, 2.45) is 0 Å². The highest BCUT2D eigenvalue weighted by Gasteiger charge is 2.12. The van der Waals surface area contributed by atoms with Crippen LogP contribution in [0.4, 0.5) is 11.4 Å². The number of nitro groups is 1. The molecule has 0 bridgehead atoms. The van der Waals surface area contributed by atoms with Gasteiger partial charge < -0.3 is 14.8 Å². The fourth-order valence-corrected chi connectivity index (χ4v) is 4.27. The van der Waals surface area contributed by atoms with Crippen molar-refractivity contribution in [2.75, 3.05) is 5.32 Å². The molecule has 0 aliphatic carbocycles. The number of anilines is 1. The van der Waals surface area contributed by atoms with E-state index in [2.05, 4.69) is 21.2 Å². The second-order valence-corrected chi connectivity index (χ2v) is 9.70. The van der Waals surface area contributed by atoms with Crippen LogP contribution in [0.2, 0.25) is 5.02 Å². The van der Waals surface area contributed by atoms with E-state index in [0.29, 0.717) is 44.4 Å². The lowest BCUT2D eigenvalue weighted by molar-refractivity contribution is -0.384. The second kappa shape index (κ2) is 13.4. The molecule has 0 saturated heterocycles. The minimum atomic E-state index is -0.561. The molecule has 0 aliphatic rings. The van der Waals surface area contributed by atoms with Crippen molar-refractivity contribution in [3.8, 4) is 17.6 Å². The first-order chi connectivity index (χ1) is 19.3. The molecule has 0 saturated carbocycles. The Morgan fingerprint density at radius 3 is 2.48 bits per heavy atom. The molecule has 0 unspecified atom stereocenters. The largest absolute Gasteiger partial charge is 0.489 e. The third kappa shape index (κ3) is 7.69. The number of hydrogen-bond acceptors (Lipinski definition) is 6. The molecule has 0 aromatic heterocycles. The van der Waals surface area contributed by atoms with Gasteiger partial charge in [0, 0.05) is 28.4 Å². The molecule has 8 nitrogen and oxygen atoms in total. The predicted molar refractivity (Wildman–Crippen MR) is 156 cm³/mol. The van der Waals surface area contributed by atoms with Gasteiger partial charge in [-0.05, 0) is 75.6 Å². The maximum atomic E-state index is 12.7. The van der Waals surface area contributed by atoms with Crippen LogP contribution >= 0.6 is 27.5 Å². The average Bonchev–Trinajstić information content (AvgIpc) is 2.96. The normalized spacial score (nSPS) is 10.9. The number of rotatable bonds is 10. The van der Waals surface area contributed by atoms with Gasteiger partial charge in [-0.1, -0.05) is 48.0 Å². The zero-order chi connectivity index (χ0) is 28.5. The summed E-state index contributed by atoms with van der Waals surface area (Å²) in [6.07, 6.45) is 1.46. The summed E-state index contributed by atoms with van der Waals surface area (Å²) in [6, 6.07) is 27.4. The van der Waals surface area contributed by atoms with Gasteiger partial charge in [-0.25, -0.2) is 0 Å². The van der Waals surface area contributed by atoms with Crippen molar-refractivity contribution in [1.29, 1.82) is 5.26 Å². The van der Waals surface area contributed by atoms with E-state index in [-0.39, 0.29) is 17.9 Å². The molecule has 0 spiro atoms. The SMILES string of the molecule is N#C/C(=C\c1ccc(OCc2cccc([N+](=O)[O-])c2)c(Br)c1)C(=O)Nc1ccc(OCc2ccccc2Cl)cc1. The fourth-order valence-electron chi connectivity index (χ4n) is 3.57. The van der Waals surface area contributed by atoms with Crippen LogP contribution in [-0.4, -0.2) is 10.8 Å². The highest BCUT2D eigenvalue weighted by Crippen LogP contribution is 2.28. The van der Waals surface area contributed by atoms with Gasteiger partial charge >= 0.3 is 0 Å². The minimum absolute atomic E-state index is 0.0133. The van der Waals surface area contributed by atoms with Crippen molar-refractivity contribution in [3.05, 3.63) is 133 Å². The summed E-state index contributed by atoms with van der Waals surface area (Å²) in [6.45, 7) is 0.437. The van der Waals surface area contributed by atoms with Gasteiger partial charge in [0.25, 0.3) is 11.6 Å². The van der Waals surface area contributed by atoms with E-state index < -0.39 is 10.8 Å². The first-order valence-electron chi connectivity index (χ1n) is 11.9. The molecule has 0 aliphatic heterocycles. The minimum Gasteiger partial charge on any atom is -0.489 e. The molecule has 4 aromatic rings. The van der Waals surface area contributed by atoms with Crippen LogP contribution in [0.15, 0.2) is 101 Å². The number of non-ortho nitro benzene ring substituents is 1. The van der Waals surface area contributed by atoms with Gasteiger partial charge in [0.2, 0.25) is 0 Å². The third-order valence-electron chi connectivity index (χ3n) is 5.61. The van der Waals surface area contributed by atoms with E-state index in [9.17, 15) is 20.2 Å². The Hall–Kier alpha value is -4.65. The average molecular weight is 619 g/mol. The zero-order valence-corrected chi connectivity index (χ0v) is 23.2. The van der Waals surface area contributed by atoms with Crippen molar-refractivity contribution in [2.45, 2.75) is 13.2 Å². The van der Waals surface area contributed by atoms with Crippen LogP contribution in [0.1, 0.15) is 16.7 Å². The fraction of sp³-hybridized carbons (Fsp3) is 0.0667. The van der Waals surface area contributed by atoms with Gasteiger partial charge in [-0.3, -0.25) is 14.9 Å². The number of nitriles is 1. The number of ether oxygens (including phenoxy) is 2. The van der Waals surface area contributed by atoms with Crippen LogP contribution in [0.5, 0.6) is 11.5 Å². The van der Waals surface area contributed by atoms with Crippen LogP contribution in [0.25, 0.3) is 6.08 Å². The molecule has 1 N–H and O–H groups in total. The maximum absolute atomic E-state index is 12.7. The molecule has 1 amide bonds. The molecule has 0 heterocycles. The summed E-state index contributed by atoms with van der Waals surface area (Å²) in [5, 5.41) is 23.9. The second-order valence-electron chi connectivity index (χ2n) is 8.43. The lowest BCUT2D eigenvalue weighted by Crippen LogP contribution is -2.13. The summed E-state index contributed by atoms with van der Waals surface area (Å²) in [5.41, 5.74) is 2.51. The standard InChI is InChI=1S/C30H21BrClN3O5/c31-27-16-20(8-13-29(27)40-18-21-4-3-6-25(15-21)35(37)38)14-23(17-33)30(36)34-24-9-11-26(12-10-24)39-19-22-5-1-2-7-28(22)32/h1-16H,18-19H2,(H,34,36)/b23-14+. The monoisotopic (exact) mass is 617 g/mol. The number of halogens is 2. The number of hydrogen-bond donors (Lipinski definition) is 1. The van der Waals surface area contributed by atoms with Gasteiger partial charge in [0.15, 0.2) is 0 Å².